The highest BCUT2D eigenvalue weighted by Crippen LogP contribution is 2.30. The van der Waals surface area contributed by atoms with E-state index in [9.17, 15) is 9.59 Å². The predicted molar refractivity (Wildman–Crippen MR) is 74.5 cm³/mol. The molecule has 3 N–H and O–H groups in total. The van der Waals surface area contributed by atoms with Crippen molar-refractivity contribution in [1.29, 1.82) is 0 Å². The summed E-state index contributed by atoms with van der Waals surface area (Å²) in [6, 6.07) is 8.75. The topological polar surface area (TPSA) is 81.4 Å². The highest BCUT2D eigenvalue weighted by molar-refractivity contribution is 7.13. The number of anilines is 2. The third-order valence-electron chi connectivity index (χ3n) is 2.48. The van der Waals surface area contributed by atoms with Crippen LogP contribution < -0.4 is 11.1 Å². The van der Waals surface area contributed by atoms with Crippen molar-refractivity contribution in [3.63, 3.8) is 0 Å². The Balaban J connectivity index is 2.19. The monoisotopic (exact) mass is 276 g/mol. The van der Waals surface area contributed by atoms with Crippen molar-refractivity contribution in [2.24, 2.45) is 0 Å². The fraction of sp³-hybridized carbons (Fsp3) is 0.0769. The van der Waals surface area contributed by atoms with Gasteiger partial charge in [0, 0.05) is 10.9 Å². The molecule has 1 aromatic heterocycles. The van der Waals surface area contributed by atoms with Crippen molar-refractivity contribution in [2.75, 3.05) is 18.2 Å². The van der Waals surface area contributed by atoms with E-state index in [2.05, 4.69) is 10.1 Å². The fourth-order valence-corrected chi connectivity index (χ4v) is 2.34. The Morgan fingerprint density at radius 3 is 2.58 bits per heavy atom. The van der Waals surface area contributed by atoms with Gasteiger partial charge in [0.2, 0.25) is 0 Å². The number of methoxy groups -OCH3 is 1. The molecule has 6 heteroatoms. The van der Waals surface area contributed by atoms with Gasteiger partial charge in [-0.3, -0.25) is 4.79 Å². The van der Waals surface area contributed by atoms with Crippen LogP contribution in [0.1, 0.15) is 20.0 Å². The molecule has 1 heterocycles. The minimum Gasteiger partial charge on any atom is -0.465 e. The Morgan fingerprint density at radius 2 is 1.95 bits per heavy atom. The zero-order valence-electron chi connectivity index (χ0n) is 10.2. The molecule has 2 aromatic rings. The molecule has 2 rings (SSSR count). The Kier molecular flexibility index (Phi) is 3.82. The first-order valence-electron chi connectivity index (χ1n) is 5.45. The highest BCUT2D eigenvalue weighted by atomic mass is 32.1. The van der Waals surface area contributed by atoms with Gasteiger partial charge >= 0.3 is 5.97 Å². The van der Waals surface area contributed by atoms with E-state index in [0.29, 0.717) is 11.3 Å². The molecule has 0 spiro atoms. The molecule has 98 valence electrons. The molecule has 0 aliphatic heterocycles. The lowest BCUT2D eigenvalue weighted by molar-refractivity contribution is 0.0607. The molecular formula is C13H12N2O3S. The van der Waals surface area contributed by atoms with Gasteiger partial charge in [0.1, 0.15) is 4.88 Å². The summed E-state index contributed by atoms with van der Waals surface area (Å²) in [5.41, 5.74) is 6.96. The number of hydrogen-bond donors (Lipinski definition) is 2. The second-order valence-electron chi connectivity index (χ2n) is 3.70. The normalized spacial score (nSPS) is 9.95. The van der Waals surface area contributed by atoms with Crippen LogP contribution in [0.5, 0.6) is 0 Å². The van der Waals surface area contributed by atoms with Crippen molar-refractivity contribution in [3.8, 4) is 0 Å². The van der Waals surface area contributed by atoms with Crippen LogP contribution in [0, 0.1) is 0 Å². The zero-order valence-corrected chi connectivity index (χ0v) is 11.0. The summed E-state index contributed by atoms with van der Waals surface area (Å²) in [7, 11) is 1.28. The van der Waals surface area contributed by atoms with E-state index < -0.39 is 5.97 Å². The van der Waals surface area contributed by atoms with Crippen molar-refractivity contribution in [3.05, 3.63) is 46.2 Å². The van der Waals surface area contributed by atoms with E-state index in [0.717, 1.165) is 11.3 Å². The van der Waals surface area contributed by atoms with E-state index in [4.69, 9.17) is 5.73 Å². The van der Waals surface area contributed by atoms with Gasteiger partial charge in [0.05, 0.1) is 18.5 Å². The van der Waals surface area contributed by atoms with Crippen molar-refractivity contribution in [2.45, 2.75) is 0 Å². The Morgan fingerprint density at radius 1 is 1.26 bits per heavy atom. The summed E-state index contributed by atoms with van der Waals surface area (Å²) in [5, 5.41) is 4.28. The summed E-state index contributed by atoms with van der Waals surface area (Å²) in [6.07, 6.45) is 0. The second-order valence-corrected chi connectivity index (χ2v) is 4.58. The van der Waals surface area contributed by atoms with Crippen LogP contribution in [0.4, 0.5) is 11.4 Å². The first-order chi connectivity index (χ1) is 9.13. The van der Waals surface area contributed by atoms with Gasteiger partial charge in [-0.15, -0.1) is 11.3 Å². The second kappa shape index (κ2) is 5.53. The minimum absolute atomic E-state index is 0.223. The maximum absolute atomic E-state index is 11.9. The Bertz CT molecular complexity index is 608. The molecule has 0 radical (unpaired) electrons. The average molecular weight is 276 g/mol. The molecule has 5 nitrogen and oxygen atoms in total. The van der Waals surface area contributed by atoms with Crippen LogP contribution in [0.15, 0.2) is 35.7 Å². The van der Waals surface area contributed by atoms with E-state index in [1.807, 2.05) is 6.07 Å². The van der Waals surface area contributed by atoms with Crippen molar-refractivity contribution in [1.82, 2.24) is 0 Å². The maximum Gasteiger partial charge on any atom is 0.350 e. The number of hydrogen-bond acceptors (Lipinski definition) is 5. The Hall–Kier alpha value is -2.34. The quantitative estimate of drug-likeness (QED) is 0.843. The number of ether oxygens (including phenoxy) is 1. The lowest BCUT2D eigenvalue weighted by Gasteiger charge is -2.04. The Labute approximate surface area is 114 Å². The number of carbonyl (C=O) groups is 2. The van der Waals surface area contributed by atoms with Gasteiger partial charge in [-0.1, -0.05) is 18.2 Å². The SMILES string of the molecule is COC(=O)c1scc(NC(=O)c2ccccc2)c1N. The third kappa shape index (κ3) is 2.74. The van der Waals surface area contributed by atoms with E-state index in [1.54, 1.807) is 29.6 Å². The van der Waals surface area contributed by atoms with E-state index in [-0.39, 0.29) is 16.5 Å². The van der Waals surface area contributed by atoms with Crippen molar-refractivity contribution >= 4 is 34.6 Å². The van der Waals surface area contributed by atoms with Crippen LogP contribution in [-0.4, -0.2) is 19.0 Å². The molecular weight excluding hydrogens is 264 g/mol. The minimum atomic E-state index is -0.511. The zero-order chi connectivity index (χ0) is 13.8. The molecule has 0 saturated heterocycles. The molecule has 0 atom stereocenters. The summed E-state index contributed by atoms with van der Waals surface area (Å²) in [5.74, 6) is -0.788. The molecule has 0 fully saturated rings. The summed E-state index contributed by atoms with van der Waals surface area (Å²) in [6.45, 7) is 0. The maximum atomic E-state index is 11.9. The number of amides is 1. The molecule has 1 aromatic carbocycles. The van der Waals surface area contributed by atoms with Gasteiger partial charge in [-0.2, -0.15) is 0 Å². The molecule has 0 bridgehead atoms. The smallest absolute Gasteiger partial charge is 0.350 e. The molecule has 0 aliphatic rings. The fourth-order valence-electron chi connectivity index (χ4n) is 1.50. The van der Waals surface area contributed by atoms with Gasteiger partial charge in [-0.05, 0) is 12.1 Å². The van der Waals surface area contributed by atoms with Crippen LogP contribution in [0.25, 0.3) is 0 Å². The number of esters is 1. The third-order valence-corrected chi connectivity index (χ3v) is 3.46. The lowest BCUT2D eigenvalue weighted by atomic mass is 10.2. The number of nitrogen functional groups attached to an aromatic ring is 1. The summed E-state index contributed by atoms with van der Waals surface area (Å²) < 4.78 is 4.60. The van der Waals surface area contributed by atoms with Gasteiger partial charge in [0.25, 0.3) is 5.91 Å². The largest absolute Gasteiger partial charge is 0.465 e. The van der Waals surface area contributed by atoms with Gasteiger partial charge in [0.15, 0.2) is 0 Å². The number of nitrogens with one attached hydrogen (secondary N) is 1. The first-order valence-corrected chi connectivity index (χ1v) is 6.33. The molecule has 0 aliphatic carbocycles. The standard InChI is InChI=1S/C13H12N2O3S/c1-18-13(17)11-10(14)9(7-19-11)15-12(16)8-5-3-2-4-6-8/h2-7H,14H2,1H3,(H,15,16). The number of benzene rings is 1. The van der Waals surface area contributed by atoms with Crippen LogP contribution >= 0.6 is 11.3 Å². The lowest BCUT2D eigenvalue weighted by Crippen LogP contribution is -2.12. The number of nitrogens with two attached hydrogens (primary N) is 1. The first kappa shape index (κ1) is 13.1. The van der Waals surface area contributed by atoms with Gasteiger partial charge < -0.3 is 15.8 Å². The van der Waals surface area contributed by atoms with Crippen LogP contribution in [0.3, 0.4) is 0 Å². The highest BCUT2D eigenvalue weighted by Gasteiger charge is 2.17. The van der Waals surface area contributed by atoms with Crippen LogP contribution in [-0.2, 0) is 4.74 Å². The van der Waals surface area contributed by atoms with Crippen LogP contribution in [0.2, 0.25) is 0 Å². The average Bonchev–Trinajstić information content (AvgIpc) is 2.80. The summed E-state index contributed by atoms with van der Waals surface area (Å²) in [4.78, 5) is 23.6. The predicted octanol–water partition coefficient (Wildman–Crippen LogP) is 2.37. The molecule has 0 unspecified atom stereocenters. The number of thiophene rings is 1. The number of carbonyl (C=O) groups excluding carboxylic acids is 2. The van der Waals surface area contributed by atoms with E-state index in [1.165, 1.54) is 7.11 Å². The summed E-state index contributed by atoms with van der Waals surface area (Å²) >= 11 is 1.13. The van der Waals surface area contributed by atoms with Crippen molar-refractivity contribution < 1.29 is 14.3 Å². The number of rotatable bonds is 3. The molecule has 0 saturated carbocycles. The molecule has 19 heavy (non-hydrogen) atoms. The molecule has 1 amide bonds. The van der Waals surface area contributed by atoms with Gasteiger partial charge in [-0.25, -0.2) is 4.79 Å². The van der Waals surface area contributed by atoms with E-state index >= 15 is 0 Å².